The Hall–Kier alpha value is -2.30. The molecule has 5 nitrogen and oxygen atoms in total. The first-order chi connectivity index (χ1) is 9.29. The van der Waals surface area contributed by atoms with E-state index in [-0.39, 0.29) is 5.91 Å². The Kier molecular flexibility index (Phi) is 4.55. The highest BCUT2D eigenvalue weighted by atomic mass is 16.5. The molecule has 1 amide bonds. The quantitative estimate of drug-likeness (QED) is 0.784. The van der Waals surface area contributed by atoms with Crippen LogP contribution in [0, 0.1) is 0 Å². The molecule has 5 heteroatoms. The topological polar surface area (TPSA) is 67.0 Å². The Bertz CT molecular complexity index is 506. The average Bonchev–Trinajstić information content (AvgIpc) is 2.93. The number of benzene rings is 1. The van der Waals surface area contributed by atoms with E-state index in [1.165, 1.54) is 0 Å². The molecule has 1 aromatic carbocycles. The van der Waals surface area contributed by atoms with E-state index in [0.29, 0.717) is 18.0 Å². The molecule has 0 bridgehead atoms. The van der Waals surface area contributed by atoms with E-state index in [9.17, 15) is 4.79 Å². The summed E-state index contributed by atoms with van der Waals surface area (Å²) in [7, 11) is 0. The minimum Gasteiger partial charge on any atom is -0.494 e. The average molecular weight is 259 g/mol. The Morgan fingerprint density at radius 1 is 1.32 bits per heavy atom. The first kappa shape index (κ1) is 13.1. The van der Waals surface area contributed by atoms with E-state index >= 15 is 0 Å². The van der Waals surface area contributed by atoms with Crippen LogP contribution >= 0.6 is 0 Å². The molecule has 0 aliphatic rings. The summed E-state index contributed by atoms with van der Waals surface area (Å²) in [4.78, 5) is 11.9. The molecule has 100 valence electrons. The number of hydrogen-bond acceptors (Lipinski definition) is 3. The van der Waals surface area contributed by atoms with Gasteiger partial charge in [0.15, 0.2) is 0 Å². The number of unbranched alkanes of at least 4 members (excludes halogenated alkanes) is 1. The van der Waals surface area contributed by atoms with Gasteiger partial charge in [-0.25, -0.2) is 0 Å². The van der Waals surface area contributed by atoms with Crippen LogP contribution in [0.15, 0.2) is 36.5 Å². The molecule has 0 atom stereocenters. The van der Waals surface area contributed by atoms with Gasteiger partial charge in [0.05, 0.1) is 12.8 Å². The van der Waals surface area contributed by atoms with E-state index in [1.54, 1.807) is 36.5 Å². The van der Waals surface area contributed by atoms with Crippen molar-refractivity contribution in [3.8, 4) is 5.75 Å². The van der Waals surface area contributed by atoms with Gasteiger partial charge in [0.1, 0.15) is 11.6 Å². The molecule has 0 aliphatic carbocycles. The van der Waals surface area contributed by atoms with Crippen molar-refractivity contribution in [2.24, 2.45) is 0 Å². The lowest BCUT2D eigenvalue weighted by Crippen LogP contribution is -2.12. The maximum Gasteiger partial charge on any atom is 0.256 e. The van der Waals surface area contributed by atoms with Crippen molar-refractivity contribution in [3.63, 3.8) is 0 Å². The van der Waals surface area contributed by atoms with Gasteiger partial charge in [-0.15, -0.1) is 0 Å². The molecule has 1 heterocycles. The summed E-state index contributed by atoms with van der Waals surface area (Å²) in [6, 6.07) is 8.79. The number of anilines is 1. The highest BCUT2D eigenvalue weighted by Gasteiger charge is 2.06. The summed E-state index contributed by atoms with van der Waals surface area (Å²) in [5.41, 5.74) is 0.581. The lowest BCUT2D eigenvalue weighted by Gasteiger charge is -2.06. The van der Waals surface area contributed by atoms with E-state index in [4.69, 9.17) is 4.74 Å². The van der Waals surface area contributed by atoms with Crippen LogP contribution in [-0.2, 0) is 0 Å². The third kappa shape index (κ3) is 3.84. The highest BCUT2D eigenvalue weighted by Crippen LogP contribution is 2.13. The number of nitrogens with zero attached hydrogens (tertiary/aromatic N) is 1. The van der Waals surface area contributed by atoms with Crippen LogP contribution in [0.3, 0.4) is 0 Å². The van der Waals surface area contributed by atoms with Crippen LogP contribution in [-0.4, -0.2) is 22.7 Å². The van der Waals surface area contributed by atoms with Gasteiger partial charge < -0.3 is 10.1 Å². The molecule has 0 radical (unpaired) electrons. The van der Waals surface area contributed by atoms with Crippen LogP contribution in [0.2, 0.25) is 0 Å². The number of ether oxygens (including phenoxy) is 1. The van der Waals surface area contributed by atoms with Crippen molar-refractivity contribution in [3.05, 3.63) is 42.1 Å². The molecule has 2 rings (SSSR count). The SMILES string of the molecule is CCCCOc1ccc(C(=O)Nc2ccn[nH]2)cc1. The zero-order valence-electron chi connectivity index (χ0n) is 10.8. The van der Waals surface area contributed by atoms with E-state index in [2.05, 4.69) is 22.4 Å². The summed E-state index contributed by atoms with van der Waals surface area (Å²) < 4.78 is 5.54. The van der Waals surface area contributed by atoms with E-state index in [0.717, 1.165) is 18.6 Å². The number of aromatic amines is 1. The van der Waals surface area contributed by atoms with Crippen molar-refractivity contribution in [2.75, 3.05) is 11.9 Å². The number of carbonyl (C=O) groups is 1. The Balaban J connectivity index is 1.92. The van der Waals surface area contributed by atoms with Crippen LogP contribution in [0.1, 0.15) is 30.1 Å². The van der Waals surface area contributed by atoms with Gasteiger partial charge in [-0.2, -0.15) is 5.10 Å². The van der Waals surface area contributed by atoms with Crippen LogP contribution in [0.5, 0.6) is 5.75 Å². The predicted molar refractivity (Wildman–Crippen MR) is 73.4 cm³/mol. The fourth-order valence-electron chi connectivity index (χ4n) is 1.56. The predicted octanol–water partition coefficient (Wildman–Crippen LogP) is 2.84. The fourth-order valence-corrected chi connectivity index (χ4v) is 1.56. The number of amides is 1. The molecule has 0 fully saturated rings. The zero-order chi connectivity index (χ0) is 13.5. The number of nitrogens with one attached hydrogen (secondary N) is 2. The first-order valence-corrected chi connectivity index (χ1v) is 6.33. The maximum absolute atomic E-state index is 11.9. The molecular formula is C14H17N3O2. The van der Waals surface area contributed by atoms with Gasteiger partial charge in [0.25, 0.3) is 5.91 Å². The molecule has 0 saturated carbocycles. The second-order valence-corrected chi connectivity index (χ2v) is 4.15. The molecule has 0 spiro atoms. The summed E-state index contributed by atoms with van der Waals surface area (Å²) in [6.45, 7) is 2.82. The zero-order valence-corrected chi connectivity index (χ0v) is 10.8. The second-order valence-electron chi connectivity index (χ2n) is 4.15. The normalized spacial score (nSPS) is 10.2. The second kappa shape index (κ2) is 6.58. The molecule has 0 saturated heterocycles. The summed E-state index contributed by atoms with van der Waals surface area (Å²) in [5, 5.41) is 9.15. The lowest BCUT2D eigenvalue weighted by molar-refractivity contribution is 0.102. The summed E-state index contributed by atoms with van der Waals surface area (Å²) in [6.07, 6.45) is 3.72. The van der Waals surface area contributed by atoms with E-state index < -0.39 is 0 Å². The molecule has 0 aliphatic heterocycles. The van der Waals surface area contributed by atoms with Crippen molar-refractivity contribution in [2.45, 2.75) is 19.8 Å². The third-order valence-corrected chi connectivity index (χ3v) is 2.63. The third-order valence-electron chi connectivity index (χ3n) is 2.63. The van der Waals surface area contributed by atoms with Crippen molar-refractivity contribution in [1.29, 1.82) is 0 Å². The Morgan fingerprint density at radius 2 is 2.11 bits per heavy atom. The minimum absolute atomic E-state index is 0.177. The van der Waals surface area contributed by atoms with Gasteiger partial charge in [-0.3, -0.25) is 9.89 Å². The number of rotatable bonds is 6. The molecule has 2 aromatic rings. The van der Waals surface area contributed by atoms with Crippen LogP contribution < -0.4 is 10.1 Å². The molecular weight excluding hydrogens is 242 g/mol. The summed E-state index contributed by atoms with van der Waals surface area (Å²) >= 11 is 0. The molecule has 1 aromatic heterocycles. The van der Waals surface area contributed by atoms with Gasteiger partial charge in [-0.1, -0.05) is 13.3 Å². The maximum atomic E-state index is 11.9. The van der Waals surface area contributed by atoms with Gasteiger partial charge >= 0.3 is 0 Å². The Labute approximate surface area is 112 Å². The fraction of sp³-hybridized carbons (Fsp3) is 0.286. The lowest BCUT2D eigenvalue weighted by atomic mass is 10.2. The number of aromatic nitrogens is 2. The molecule has 19 heavy (non-hydrogen) atoms. The smallest absolute Gasteiger partial charge is 0.256 e. The first-order valence-electron chi connectivity index (χ1n) is 6.33. The minimum atomic E-state index is -0.177. The van der Waals surface area contributed by atoms with Gasteiger partial charge in [0, 0.05) is 11.6 Å². The standard InChI is InChI=1S/C14H17N3O2/c1-2-3-10-19-12-6-4-11(5-7-12)14(18)16-13-8-9-15-17-13/h4-9H,2-3,10H2,1H3,(H2,15,16,17,18). The van der Waals surface area contributed by atoms with E-state index in [1.807, 2.05) is 0 Å². The van der Waals surface area contributed by atoms with Crippen LogP contribution in [0.25, 0.3) is 0 Å². The Morgan fingerprint density at radius 3 is 2.74 bits per heavy atom. The summed E-state index contributed by atoms with van der Waals surface area (Å²) in [5.74, 6) is 1.18. The monoisotopic (exact) mass is 259 g/mol. The van der Waals surface area contributed by atoms with Crippen LogP contribution in [0.4, 0.5) is 5.82 Å². The van der Waals surface area contributed by atoms with Crippen molar-refractivity contribution in [1.82, 2.24) is 10.2 Å². The van der Waals surface area contributed by atoms with Gasteiger partial charge in [-0.05, 0) is 30.7 Å². The van der Waals surface area contributed by atoms with Crippen molar-refractivity contribution >= 4 is 11.7 Å². The van der Waals surface area contributed by atoms with Gasteiger partial charge in [0.2, 0.25) is 0 Å². The number of H-pyrrole nitrogens is 1. The largest absolute Gasteiger partial charge is 0.494 e. The highest BCUT2D eigenvalue weighted by molar-refractivity contribution is 6.03. The number of carbonyl (C=O) groups excluding carboxylic acids is 1. The molecule has 0 unspecified atom stereocenters. The van der Waals surface area contributed by atoms with Crippen molar-refractivity contribution < 1.29 is 9.53 Å². The number of hydrogen-bond donors (Lipinski definition) is 2. The molecule has 2 N–H and O–H groups in total.